The number of carbonyl (C=O) groups excluding carboxylic acids is 1. The van der Waals surface area contributed by atoms with E-state index in [1.165, 1.54) is 28.8 Å². The van der Waals surface area contributed by atoms with Crippen molar-refractivity contribution in [3.8, 4) is 0 Å². The third-order valence-corrected chi connectivity index (χ3v) is 7.44. The van der Waals surface area contributed by atoms with E-state index in [1.807, 2.05) is 6.92 Å². The molecular weight excluding hydrogens is 352 g/mol. The Hall–Kier alpha value is -1.61. The summed E-state index contributed by atoms with van der Waals surface area (Å²) in [5.41, 5.74) is 0.680. The highest BCUT2D eigenvalue weighted by Gasteiger charge is 2.29. The molecule has 1 amide bonds. The van der Waals surface area contributed by atoms with Gasteiger partial charge in [-0.05, 0) is 18.9 Å². The van der Waals surface area contributed by atoms with Crippen LogP contribution in [-0.4, -0.2) is 53.7 Å². The largest absolute Gasteiger partial charge is 0.338 e. The number of thioether (sulfide) groups is 1. The minimum absolute atomic E-state index is 0.00858. The number of hydrogen-bond acceptors (Lipinski definition) is 6. The molecule has 1 aliphatic rings. The monoisotopic (exact) mass is 372 g/mol. The van der Waals surface area contributed by atoms with Crippen molar-refractivity contribution in [2.24, 2.45) is 0 Å². The molecule has 1 heterocycles. The molecule has 1 fully saturated rings. The molecule has 2 rings (SSSR count). The van der Waals surface area contributed by atoms with E-state index in [-0.39, 0.29) is 40.1 Å². The van der Waals surface area contributed by atoms with Crippen LogP contribution in [0.3, 0.4) is 0 Å². The molecule has 1 saturated heterocycles. The molecule has 2 atom stereocenters. The number of hydrogen-bond donors (Lipinski definition) is 0. The second-order valence-corrected chi connectivity index (χ2v) is 9.39. The van der Waals surface area contributed by atoms with E-state index in [0.717, 1.165) is 0 Å². The van der Waals surface area contributed by atoms with Gasteiger partial charge in [-0.15, -0.1) is 11.8 Å². The average molecular weight is 372 g/mol. The normalized spacial score (nSPS) is 20.5. The fraction of sp³-hybridized carbons (Fsp3) is 0.533. The van der Waals surface area contributed by atoms with Crippen molar-refractivity contribution < 1.29 is 18.1 Å². The Balaban J connectivity index is 1.95. The van der Waals surface area contributed by atoms with Crippen molar-refractivity contribution in [3.63, 3.8) is 0 Å². The first-order valence-corrected chi connectivity index (χ1v) is 10.4. The fourth-order valence-corrected chi connectivity index (χ4v) is 6.09. The van der Waals surface area contributed by atoms with Crippen LogP contribution in [-0.2, 0) is 14.6 Å². The molecule has 1 aromatic rings. The van der Waals surface area contributed by atoms with Crippen molar-refractivity contribution in [3.05, 3.63) is 39.9 Å². The van der Waals surface area contributed by atoms with Gasteiger partial charge in [0.25, 0.3) is 5.69 Å². The molecule has 1 aliphatic heterocycles. The summed E-state index contributed by atoms with van der Waals surface area (Å²) < 4.78 is 22.9. The lowest BCUT2D eigenvalue weighted by molar-refractivity contribution is -0.384. The Kier molecular flexibility index (Phi) is 5.87. The summed E-state index contributed by atoms with van der Waals surface area (Å²) in [6.45, 7) is 1.81. The molecule has 1 aromatic carbocycles. The molecule has 7 nitrogen and oxygen atoms in total. The van der Waals surface area contributed by atoms with E-state index in [9.17, 15) is 23.3 Å². The highest BCUT2D eigenvalue weighted by Crippen LogP contribution is 2.27. The summed E-state index contributed by atoms with van der Waals surface area (Å²) in [5.74, 6) is 0.410. The fourth-order valence-electron chi connectivity index (χ4n) is 2.52. The number of sulfone groups is 1. The van der Waals surface area contributed by atoms with Crippen LogP contribution in [0.15, 0.2) is 24.3 Å². The number of nitro benzene ring substituents is 1. The van der Waals surface area contributed by atoms with Crippen molar-refractivity contribution in [1.82, 2.24) is 4.90 Å². The SMILES string of the molecule is C[C@@H](c1cccc([N+](=O)[O-])c1)N(C)C(=O)CS[C@@H]1CCS(=O)(=O)C1. The first-order valence-electron chi connectivity index (χ1n) is 7.51. The van der Waals surface area contributed by atoms with Gasteiger partial charge in [-0.3, -0.25) is 14.9 Å². The summed E-state index contributed by atoms with van der Waals surface area (Å²) in [5, 5.41) is 10.8. The topological polar surface area (TPSA) is 97.6 Å². The molecule has 24 heavy (non-hydrogen) atoms. The van der Waals surface area contributed by atoms with Gasteiger partial charge < -0.3 is 4.90 Å². The zero-order valence-corrected chi connectivity index (χ0v) is 15.2. The predicted octanol–water partition coefficient (Wildman–Crippen LogP) is 2.03. The highest BCUT2D eigenvalue weighted by molar-refractivity contribution is 8.02. The number of carbonyl (C=O) groups is 1. The maximum absolute atomic E-state index is 12.3. The van der Waals surface area contributed by atoms with E-state index < -0.39 is 14.8 Å². The number of rotatable bonds is 6. The first kappa shape index (κ1) is 18.7. The summed E-state index contributed by atoms with van der Waals surface area (Å²) in [7, 11) is -1.29. The van der Waals surface area contributed by atoms with Gasteiger partial charge in [-0.2, -0.15) is 0 Å². The van der Waals surface area contributed by atoms with Gasteiger partial charge in [0.2, 0.25) is 5.91 Å². The quantitative estimate of drug-likeness (QED) is 0.560. The maximum Gasteiger partial charge on any atom is 0.269 e. The Bertz CT molecular complexity index is 735. The standard InChI is InChI=1S/C15H20N2O5S2/c1-11(12-4-3-5-13(8-12)17(19)20)16(2)15(18)9-23-14-6-7-24(21,22)10-14/h3-5,8,11,14H,6-7,9-10H2,1-2H3/t11-,14+/m0/s1. The van der Waals surface area contributed by atoms with Gasteiger partial charge in [0.15, 0.2) is 9.84 Å². The molecule has 0 bridgehead atoms. The predicted molar refractivity (Wildman–Crippen MR) is 93.8 cm³/mol. The van der Waals surface area contributed by atoms with Crippen LogP contribution >= 0.6 is 11.8 Å². The summed E-state index contributed by atoms with van der Waals surface area (Å²) in [6, 6.07) is 5.92. The lowest BCUT2D eigenvalue weighted by Gasteiger charge is -2.25. The minimum Gasteiger partial charge on any atom is -0.338 e. The number of nitro groups is 1. The van der Waals surface area contributed by atoms with Gasteiger partial charge in [-0.25, -0.2) is 8.42 Å². The van der Waals surface area contributed by atoms with Crippen molar-refractivity contribution in [2.75, 3.05) is 24.3 Å². The van der Waals surface area contributed by atoms with Gasteiger partial charge in [0, 0.05) is 24.4 Å². The smallest absolute Gasteiger partial charge is 0.269 e. The summed E-state index contributed by atoms with van der Waals surface area (Å²) >= 11 is 1.36. The Morgan fingerprint density at radius 1 is 1.50 bits per heavy atom. The molecular formula is C15H20N2O5S2. The molecule has 0 saturated carbocycles. The van der Waals surface area contributed by atoms with Gasteiger partial charge in [-0.1, -0.05) is 12.1 Å². The molecule has 0 unspecified atom stereocenters. The van der Waals surface area contributed by atoms with Crippen LogP contribution in [0.4, 0.5) is 5.69 Å². The van der Waals surface area contributed by atoms with Crippen LogP contribution in [0.5, 0.6) is 0 Å². The minimum atomic E-state index is -2.95. The third kappa shape index (κ3) is 4.70. The van der Waals surface area contributed by atoms with E-state index in [0.29, 0.717) is 12.0 Å². The van der Waals surface area contributed by atoms with Crippen LogP contribution in [0.25, 0.3) is 0 Å². The second-order valence-electron chi connectivity index (χ2n) is 5.87. The zero-order valence-electron chi connectivity index (χ0n) is 13.5. The van der Waals surface area contributed by atoms with E-state index in [4.69, 9.17) is 0 Å². The molecule has 0 spiro atoms. The Labute approximate surface area is 145 Å². The molecule has 0 N–H and O–H groups in total. The number of nitrogens with zero attached hydrogens (tertiary/aromatic N) is 2. The third-order valence-electron chi connectivity index (χ3n) is 4.17. The van der Waals surface area contributed by atoms with Crippen LogP contribution < -0.4 is 0 Å². The van der Waals surface area contributed by atoms with Gasteiger partial charge >= 0.3 is 0 Å². The highest BCUT2D eigenvalue weighted by atomic mass is 32.2. The van der Waals surface area contributed by atoms with Crippen LogP contribution in [0.1, 0.15) is 24.9 Å². The number of amides is 1. The Morgan fingerprint density at radius 3 is 2.79 bits per heavy atom. The van der Waals surface area contributed by atoms with Crippen LogP contribution in [0, 0.1) is 10.1 Å². The average Bonchev–Trinajstić information content (AvgIpc) is 2.90. The maximum atomic E-state index is 12.3. The van der Waals surface area contributed by atoms with Crippen molar-refractivity contribution >= 4 is 33.2 Å². The van der Waals surface area contributed by atoms with E-state index in [2.05, 4.69) is 0 Å². The summed E-state index contributed by atoms with van der Waals surface area (Å²) in [6.07, 6.45) is 0.588. The van der Waals surface area contributed by atoms with Gasteiger partial charge in [0.1, 0.15) is 0 Å². The van der Waals surface area contributed by atoms with Crippen molar-refractivity contribution in [2.45, 2.75) is 24.6 Å². The van der Waals surface area contributed by atoms with Crippen LogP contribution in [0.2, 0.25) is 0 Å². The summed E-state index contributed by atoms with van der Waals surface area (Å²) in [4.78, 5) is 24.2. The second kappa shape index (κ2) is 7.52. The molecule has 9 heteroatoms. The lowest BCUT2D eigenvalue weighted by atomic mass is 10.1. The number of non-ortho nitro benzene ring substituents is 1. The van der Waals surface area contributed by atoms with Gasteiger partial charge in [0.05, 0.1) is 28.2 Å². The van der Waals surface area contributed by atoms with E-state index in [1.54, 1.807) is 19.2 Å². The first-order chi connectivity index (χ1) is 11.2. The zero-order chi connectivity index (χ0) is 17.9. The molecule has 132 valence electrons. The lowest BCUT2D eigenvalue weighted by Crippen LogP contribution is -2.31. The Morgan fingerprint density at radius 2 is 2.21 bits per heavy atom. The molecule has 0 aliphatic carbocycles. The molecule has 0 aromatic heterocycles. The number of benzene rings is 1. The van der Waals surface area contributed by atoms with E-state index >= 15 is 0 Å². The van der Waals surface area contributed by atoms with Crippen molar-refractivity contribution in [1.29, 1.82) is 0 Å². The molecule has 0 radical (unpaired) electrons.